The molecule has 6 fully saturated rings. The maximum absolute atomic E-state index is 11.4. The Bertz CT molecular complexity index is 2010. The van der Waals surface area contributed by atoms with Crippen molar-refractivity contribution < 1.29 is 9.47 Å². The van der Waals surface area contributed by atoms with Crippen molar-refractivity contribution in [2.45, 2.75) is 195 Å². The Labute approximate surface area is 358 Å². The lowest BCUT2D eigenvalue weighted by atomic mass is 9.71. The number of rotatable bonds is 5. The number of nitriles is 1. The average Bonchev–Trinajstić information content (AvgIpc) is 3.86. The molecule has 15 unspecified atom stereocenters. The van der Waals surface area contributed by atoms with Gasteiger partial charge in [-0.15, -0.1) is 0 Å². The summed E-state index contributed by atoms with van der Waals surface area (Å²) in [6, 6.07) is 4.15. The van der Waals surface area contributed by atoms with Gasteiger partial charge in [-0.3, -0.25) is 20.9 Å². The van der Waals surface area contributed by atoms with E-state index in [0.717, 1.165) is 51.4 Å². The summed E-state index contributed by atoms with van der Waals surface area (Å²) in [4.78, 5) is 3.08. The fraction of sp³-hybridized carbons (Fsp3) is 0.673. The van der Waals surface area contributed by atoms with Crippen molar-refractivity contribution in [3.63, 3.8) is 0 Å². The minimum Gasteiger partial charge on any atom is -0.372 e. The molecule has 8 nitrogen and oxygen atoms in total. The second-order valence-electron chi connectivity index (χ2n) is 20.5. The molecule has 1 aromatic heterocycles. The van der Waals surface area contributed by atoms with Crippen LogP contribution >= 0.6 is 0 Å². The summed E-state index contributed by atoms with van der Waals surface area (Å²) < 4.78 is 16.7. The van der Waals surface area contributed by atoms with Gasteiger partial charge in [0.05, 0.1) is 60.9 Å². The first-order valence-electron chi connectivity index (χ1n) is 24.8. The number of nitrogens with zero attached hydrogens (tertiary/aromatic N) is 3. The third kappa shape index (κ3) is 6.58. The summed E-state index contributed by atoms with van der Waals surface area (Å²) in [7, 11) is 0. The molecule has 0 spiro atoms. The van der Waals surface area contributed by atoms with Crippen molar-refractivity contribution in [1.82, 2.24) is 25.4 Å². The Kier molecular flexibility index (Phi) is 10.5. The van der Waals surface area contributed by atoms with E-state index in [-0.39, 0.29) is 42.6 Å². The molecule has 60 heavy (non-hydrogen) atoms. The molecule has 3 aliphatic heterocycles. The summed E-state index contributed by atoms with van der Waals surface area (Å²) in [5, 5.41) is 24.4. The number of morpholine rings is 1. The maximum Gasteiger partial charge on any atom is 0.0855 e. The van der Waals surface area contributed by atoms with Gasteiger partial charge in [0.25, 0.3) is 0 Å². The monoisotopic (exact) mass is 809 g/mol. The van der Waals surface area contributed by atoms with Crippen LogP contribution in [0.4, 0.5) is 0 Å². The van der Waals surface area contributed by atoms with E-state index in [1.807, 2.05) is 0 Å². The second kappa shape index (κ2) is 16.3. The minimum absolute atomic E-state index is 0.0186. The molecule has 3 saturated heterocycles. The first-order valence-corrected chi connectivity index (χ1v) is 24.8. The van der Waals surface area contributed by atoms with Gasteiger partial charge in [-0.25, -0.2) is 0 Å². The van der Waals surface area contributed by atoms with E-state index in [9.17, 15) is 5.26 Å². The van der Waals surface area contributed by atoms with E-state index in [4.69, 9.17) is 9.47 Å². The zero-order chi connectivity index (χ0) is 39.7. The number of hydrogen-bond donors (Lipinski definition) is 3. The van der Waals surface area contributed by atoms with E-state index in [0.29, 0.717) is 48.1 Å². The number of aromatic nitrogens is 1. The Balaban J connectivity index is 0.979. The summed E-state index contributed by atoms with van der Waals surface area (Å²) in [5.41, 5.74) is 8.80. The van der Waals surface area contributed by atoms with Crippen molar-refractivity contribution in [3.05, 3.63) is 82.3 Å². The molecule has 318 valence electrons. The zero-order valence-electron chi connectivity index (χ0n) is 35.7. The average molecular weight is 809 g/mol. The summed E-state index contributed by atoms with van der Waals surface area (Å²) in [6.07, 6.45) is 48.7. The van der Waals surface area contributed by atoms with Crippen molar-refractivity contribution in [3.8, 4) is 6.07 Å². The Morgan fingerprint density at radius 1 is 0.683 bits per heavy atom. The van der Waals surface area contributed by atoms with Gasteiger partial charge < -0.3 is 14.0 Å². The number of nitrogens with one attached hydrogen (secondary N) is 3. The fourth-order valence-electron chi connectivity index (χ4n) is 14.9. The highest BCUT2D eigenvalue weighted by Gasteiger charge is 2.54. The third-order valence-electron chi connectivity index (χ3n) is 17.4. The molecular formula is C52H68N6O2. The second-order valence-corrected chi connectivity index (χ2v) is 20.5. The highest BCUT2D eigenvalue weighted by molar-refractivity contribution is 5.69. The van der Waals surface area contributed by atoms with Crippen molar-refractivity contribution in [1.29, 1.82) is 5.26 Å². The topological polar surface area (TPSA) is 86.5 Å². The van der Waals surface area contributed by atoms with Crippen LogP contribution in [0.5, 0.6) is 0 Å². The zero-order valence-corrected chi connectivity index (χ0v) is 35.7. The summed E-state index contributed by atoms with van der Waals surface area (Å²) >= 11 is 0. The molecule has 4 heterocycles. The van der Waals surface area contributed by atoms with E-state index in [2.05, 4.69) is 92.2 Å². The van der Waals surface area contributed by atoms with Crippen molar-refractivity contribution in [2.75, 3.05) is 0 Å². The summed E-state index contributed by atoms with van der Waals surface area (Å²) in [5.74, 6) is 1.21. The smallest absolute Gasteiger partial charge is 0.0855 e. The van der Waals surface area contributed by atoms with Crippen LogP contribution in [0.2, 0.25) is 0 Å². The lowest BCUT2D eigenvalue weighted by Gasteiger charge is -2.58. The van der Waals surface area contributed by atoms with Crippen LogP contribution in [-0.4, -0.2) is 70.5 Å². The number of hydrogen-bond acceptors (Lipinski definition) is 7. The first kappa shape index (κ1) is 38.6. The first-order chi connectivity index (χ1) is 29.7. The quantitative estimate of drug-likeness (QED) is 0.256. The van der Waals surface area contributed by atoms with E-state index in [1.165, 1.54) is 111 Å². The maximum atomic E-state index is 11.4. The molecule has 0 amide bonds. The highest BCUT2D eigenvalue weighted by atomic mass is 16.5. The molecule has 0 aromatic carbocycles. The van der Waals surface area contributed by atoms with Gasteiger partial charge in [-0.05, 0) is 136 Å². The van der Waals surface area contributed by atoms with Crippen LogP contribution in [0, 0.1) is 35.0 Å². The molecule has 3 N–H and O–H groups in total. The van der Waals surface area contributed by atoms with Gasteiger partial charge >= 0.3 is 0 Å². The van der Waals surface area contributed by atoms with E-state index in [1.54, 1.807) is 0 Å². The van der Waals surface area contributed by atoms with Crippen molar-refractivity contribution >= 4 is 12.2 Å². The molecule has 1 aromatic rings. The molecule has 8 heteroatoms. The molecular weight excluding hydrogens is 741 g/mol. The molecule has 0 bridgehead atoms. The molecule has 12 rings (SSSR count). The predicted octanol–water partition coefficient (Wildman–Crippen LogP) is 8.93. The Hall–Kier alpha value is -3.03. The number of allylic oxidation sites excluding steroid dienone is 7. The predicted molar refractivity (Wildman–Crippen MR) is 237 cm³/mol. The van der Waals surface area contributed by atoms with Crippen LogP contribution in [0.15, 0.2) is 59.8 Å². The van der Waals surface area contributed by atoms with Crippen LogP contribution in [0.25, 0.3) is 12.2 Å². The van der Waals surface area contributed by atoms with Gasteiger partial charge in [0.1, 0.15) is 0 Å². The van der Waals surface area contributed by atoms with Crippen LogP contribution in [-0.2, 0) is 22.3 Å². The lowest BCUT2D eigenvalue weighted by molar-refractivity contribution is -0.186. The van der Waals surface area contributed by atoms with Gasteiger partial charge in [0.2, 0.25) is 0 Å². The van der Waals surface area contributed by atoms with Gasteiger partial charge in [0.15, 0.2) is 0 Å². The third-order valence-corrected chi connectivity index (χ3v) is 17.4. The lowest BCUT2D eigenvalue weighted by Crippen LogP contribution is -2.74. The number of ether oxygens (including phenoxy) is 2. The Morgan fingerprint density at radius 2 is 1.48 bits per heavy atom. The van der Waals surface area contributed by atoms with Crippen molar-refractivity contribution in [2.24, 2.45) is 23.7 Å². The molecule has 0 radical (unpaired) electrons. The molecule has 15 atom stereocenters. The highest BCUT2D eigenvalue weighted by Crippen LogP contribution is 2.50. The summed E-state index contributed by atoms with van der Waals surface area (Å²) in [6.45, 7) is 0. The fourth-order valence-corrected chi connectivity index (χ4v) is 14.9. The van der Waals surface area contributed by atoms with Gasteiger partial charge in [-0.1, -0.05) is 86.8 Å². The number of fused-ring (bicyclic) bond motifs is 8. The molecule has 3 saturated carbocycles. The van der Waals surface area contributed by atoms with E-state index >= 15 is 0 Å². The standard InChI is InChI=1S/C52H68N6O2/c53-31-33-29-38(52-55-50(32-15-2-1-3-16-32)54-51(56-52)37-20-14-28-48-49(37)36-19-6-11-25-45(36)59-48)44(58-41-23-9-12-26-46(41)60-47-27-13-10-24-42(47)58)30-43(33)57-39-21-7-4-17-34(39)35-18-5-8-22-40(35)57/h1-2,4,6,8,11,17,19,22,29,32-33,37,41-52,54-56H,3,5,7,9-10,12-16,18,20-21,23-28,30H2. The normalized spacial score (nSPS) is 43.4. The Morgan fingerprint density at radius 3 is 2.32 bits per heavy atom. The minimum atomic E-state index is -0.210. The van der Waals surface area contributed by atoms with Gasteiger partial charge in [-0.2, -0.15) is 5.26 Å². The van der Waals surface area contributed by atoms with Crippen LogP contribution in [0.3, 0.4) is 0 Å². The SMILES string of the molecule is N#CC1C=C(C2NC(C3CC=CCC3)NC(C3CCCC4OC5CC=CC=C5C43)N2)C(N2C3CCCCC3OC3CCCCC32)CC1n1c2c(c3c1CCC=C3)CCC=C2. The largest absolute Gasteiger partial charge is 0.372 e. The van der Waals surface area contributed by atoms with E-state index < -0.39 is 0 Å². The van der Waals surface area contributed by atoms with Gasteiger partial charge in [0, 0.05) is 35.4 Å². The molecule has 11 aliphatic rings. The molecule has 8 aliphatic carbocycles. The van der Waals surface area contributed by atoms with Crippen LogP contribution in [0.1, 0.15) is 144 Å². The van der Waals surface area contributed by atoms with Crippen LogP contribution < -0.4 is 16.0 Å².